The number of aliphatic hydroxyl groups excluding tert-OH is 1. The molecule has 0 aromatic carbocycles. The largest absolute Gasteiger partial charge is 0.387 e. The van der Waals surface area contributed by atoms with Gasteiger partial charge in [0.25, 0.3) is 0 Å². The monoisotopic (exact) mass is 195 g/mol. The summed E-state index contributed by atoms with van der Waals surface area (Å²) in [5.41, 5.74) is 12.1. The number of aromatic nitrogens is 1. The van der Waals surface area contributed by atoms with Crippen molar-refractivity contribution in [2.75, 3.05) is 5.73 Å². The third kappa shape index (κ3) is 2.21. The Labute approximate surface area is 83.9 Å². The van der Waals surface area contributed by atoms with Gasteiger partial charge in [-0.2, -0.15) is 0 Å². The van der Waals surface area contributed by atoms with Gasteiger partial charge in [-0.25, -0.2) is 4.98 Å². The molecule has 1 aromatic heterocycles. The van der Waals surface area contributed by atoms with Crippen LogP contribution in [0, 0.1) is 5.92 Å². The van der Waals surface area contributed by atoms with Crippen molar-refractivity contribution in [3.8, 4) is 0 Å². The number of nitrogen functional groups attached to an aromatic ring is 1. The summed E-state index contributed by atoms with van der Waals surface area (Å²) in [6, 6.07) is 3.17. The van der Waals surface area contributed by atoms with E-state index in [0.29, 0.717) is 11.4 Å². The van der Waals surface area contributed by atoms with Gasteiger partial charge >= 0.3 is 0 Å². The molecule has 0 saturated heterocycles. The Kier molecular flexibility index (Phi) is 3.43. The number of hydrogen-bond donors (Lipinski definition) is 3. The molecule has 1 heterocycles. The first-order valence-corrected chi connectivity index (χ1v) is 4.68. The lowest BCUT2D eigenvalue weighted by Gasteiger charge is -2.22. The van der Waals surface area contributed by atoms with Gasteiger partial charge in [0.1, 0.15) is 5.82 Å². The van der Waals surface area contributed by atoms with Crippen molar-refractivity contribution in [3.05, 3.63) is 23.9 Å². The van der Waals surface area contributed by atoms with Crippen molar-refractivity contribution in [2.24, 2.45) is 11.7 Å². The lowest BCUT2D eigenvalue weighted by atomic mass is 9.95. The Bertz CT molecular complexity index is 301. The summed E-state index contributed by atoms with van der Waals surface area (Å²) in [4.78, 5) is 3.90. The molecule has 4 nitrogen and oxygen atoms in total. The Hall–Kier alpha value is -1.13. The Morgan fingerprint density at radius 3 is 2.57 bits per heavy atom. The molecule has 0 spiro atoms. The summed E-state index contributed by atoms with van der Waals surface area (Å²) in [5.74, 6) is 0.542. The quantitative estimate of drug-likeness (QED) is 0.662. The number of rotatable bonds is 3. The van der Waals surface area contributed by atoms with Gasteiger partial charge in [0.2, 0.25) is 0 Å². The Morgan fingerprint density at radius 2 is 2.07 bits per heavy atom. The van der Waals surface area contributed by atoms with Crippen LogP contribution in [0.3, 0.4) is 0 Å². The fraction of sp³-hybridized carbons (Fsp3) is 0.500. The van der Waals surface area contributed by atoms with Gasteiger partial charge < -0.3 is 16.6 Å². The van der Waals surface area contributed by atoms with E-state index in [9.17, 15) is 5.11 Å². The van der Waals surface area contributed by atoms with Crippen molar-refractivity contribution in [2.45, 2.75) is 26.0 Å². The van der Waals surface area contributed by atoms with Gasteiger partial charge in [0.15, 0.2) is 0 Å². The second-order valence-corrected chi connectivity index (χ2v) is 3.74. The molecule has 4 heteroatoms. The molecule has 0 radical (unpaired) electrons. The van der Waals surface area contributed by atoms with E-state index >= 15 is 0 Å². The van der Waals surface area contributed by atoms with Gasteiger partial charge in [-0.15, -0.1) is 0 Å². The fourth-order valence-corrected chi connectivity index (χ4v) is 1.25. The van der Waals surface area contributed by atoms with Crippen LogP contribution in [0.2, 0.25) is 0 Å². The van der Waals surface area contributed by atoms with E-state index in [-0.39, 0.29) is 12.0 Å². The first-order chi connectivity index (χ1) is 6.54. The topological polar surface area (TPSA) is 85.2 Å². The zero-order valence-electron chi connectivity index (χ0n) is 8.51. The maximum Gasteiger partial charge on any atom is 0.129 e. The predicted molar refractivity (Wildman–Crippen MR) is 56.4 cm³/mol. The van der Waals surface area contributed by atoms with Crippen LogP contribution in [0.15, 0.2) is 18.3 Å². The highest BCUT2D eigenvalue weighted by atomic mass is 16.3. The van der Waals surface area contributed by atoms with E-state index in [0.717, 1.165) is 0 Å². The molecular weight excluding hydrogens is 178 g/mol. The van der Waals surface area contributed by atoms with E-state index in [2.05, 4.69) is 4.98 Å². The third-order valence-corrected chi connectivity index (χ3v) is 2.32. The average molecular weight is 195 g/mol. The fourth-order valence-electron chi connectivity index (χ4n) is 1.25. The third-order valence-electron chi connectivity index (χ3n) is 2.32. The molecule has 5 N–H and O–H groups in total. The van der Waals surface area contributed by atoms with Gasteiger partial charge in [-0.1, -0.05) is 19.9 Å². The zero-order chi connectivity index (χ0) is 10.7. The standard InChI is InChI=1S/C10H17N3O/c1-6(2)8(11)9(14)7-4-3-5-13-10(7)12/h3-6,8-9,14H,11H2,1-2H3,(H2,12,13)/t8-,9+/m1/s1. The Morgan fingerprint density at radius 1 is 1.43 bits per heavy atom. The highest BCUT2D eigenvalue weighted by molar-refractivity contribution is 5.40. The molecule has 0 aliphatic heterocycles. The highest BCUT2D eigenvalue weighted by Gasteiger charge is 2.21. The van der Waals surface area contributed by atoms with E-state index in [1.165, 1.54) is 0 Å². The maximum atomic E-state index is 9.90. The number of aliphatic hydroxyl groups is 1. The number of nitrogens with two attached hydrogens (primary N) is 2. The average Bonchev–Trinajstić information content (AvgIpc) is 2.16. The number of anilines is 1. The number of nitrogens with zero attached hydrogens (tertiary/aromatic N) is 1. The molecule has 0 bridgehead atoms. The highest BCUT2D eigenvalue weighted by Crippen LogP contribution is 2.23. The van der Waals surface area contributed by atoms with Crippen molar-refractivity contribution in [1.29, 1.82) is 0 Å². The van der Waals surface area contributed by atoms with Crippen molar-refractivity contribution in [1.82, 2.24) is 4.98 Å². The molecule has 0 aliphatic carbocycles. The van der Waals surface area contributed by atoms with Gasteiger partial charge in [0.05, 0.1) is 6.10 Å². The molecule has 14 heavy (non-hydrogen) atoms. The first-order valence-electron chi connectivity index (χ1n) is 4.68. The van der Waals surface area contributed by atoms with Crippen LogP contribution in [0.5, 0.6) is 0 Å². The van der Waals surface area contributed by atoms with Gasteiger partial charge in [-0.05, 0) is 12.0 Å². The summed E-state index contributed by atoms with van der Waals surface area (Å²) in [5, 5.41) is 9.90. The second-order valence-electron chi connectivity index (χ2n) is 3.74. The summed E-state index contributed by atoms with van der Waals surface area (Å²) >= 11 is 0. The SMILES string of the molecule is CC(C)[C@@H](N)[C@@H](O)c1cccnc1N. The predicted octanol–water partition coefficient (Wildman–Crippen LogP) is 0.680. The summed E-state index contributed by atoms with van der Waals surface area (Å²) < 4.78 is 0. The van der Waals surface area contributed by atoms with E-state index < -0.39 is 6.10 Å². The molecule has 0 unspecified atom stereocenters. The van der Waals surface area contributed by atoms with Crippen molar-refractivity contribution in [3.63, 3.8) is 0 Å². The molecule has 0 aliphatic rings. The summed E-state index contributed by atoms with van der Waals surface area (Å²) in [6.45, 7) is 3.92. The van der Waals surface area contributed by atoms with Gasteiger partial charge in [-0.3, -0.25) is 0 Å². The molecule has 1 rings (SSSR count). The van der Waals surface area contributed by atoms with Crippen molar-refractivity contribution >= 4 is 5.82 Å². The van der Waals surface area contributed by atoms with Crippen molar-refractivity contribution < 1.29 is 5.11 Å². The lowest BCUT2D eigenvalue weighted by molar-refractivity contribution is 0.126. The minimum atomic E-state index is -0.747. The number of hydrogen-bond acceptors (Lipinski definition) is 4. The molecule has 1 aromatic rings. The second kappa shape index (κ2) is 4.39. The van der Waals surface area contributed by atoms with Gasteiger partial charge in [0, 0.05) is 17.8 Å². The smallest absolute Gasteiger partial charge is 0.129 e. The first kappa shape index (κ1) is 10.9. The van der Waals surface area contributed by atoms with Crippen LogP contribution in [-0.2, 0) is 0 Å². The van der Waals surface area contributed by atoms with Crippen LogP contribution in [-0.4, -0.2) is 16.1 Å². The minimum Gasteiger partial charge on any atom is -0.387 e. The van der Waals surface area contributed by atoms with E-state index in [4.69, 9.17) is 11.5 Å². The van der Waals surface area contributed by atoms with E-state index in [1.54, 1.807) is 18.3 Å². The maximum absolute atomic E-state index is 9.90. The van der Waals surface area contributed by atoms with Crippen LogP contribution in [0.1, 0.15) is 25.5 Å². The molecular formula is C10H17N3O. The molecule has 78 valence electrons. The van der Waals surface area contributed by atoms with Crippen LogP contribution < -0.4 is 11.5 Å². The molecule has 0 saturated carbocycles. The normalized spacial score (nSPS) is 15.5. The molecule has 2 atom stereocenters. The molecule has 0 amide bonds. The zero-order valence-corrected chi connectivity index (χ0v) is 8.51. The Balaban J connectivity index is 2.89. The number of pyridine rings is 1. The molecule has 0 fully saturated rings. The summed E-state index contributed by atoms with van der Waals surface area (Å²) in [6.07, 6.45) is 0.843. The minimum absolute atomic E-state index is 0.199. The lowest BCUT2D eigenvalue weighted by Crippen LogP contribution is -2.33. The van der Waals surface area contributed by atoms with Crippen LogP contribution >= 0.6 is 0 Å². The van der Waals surface area contributed by atoms with E-state index in [1.807, 2.05) is 13.8 Å². The van der Waals surface area contributed by atoms with Crippen LogP contribution in [0.25, 0.3) is 0 Å². The van der Waals surface area contributed by atoms with Crippen LogP contribution in [0.4, 0.5) is 5.82 Å². The summed E-state index contributed by atoms with van der Waals surface area (Å²) in [7, 11) is 0.